The van der Waals surface area contributed by atoms with Gasteiger partial charge in [-0.05, 0) is 47.5 Å². The number of nitrogens with zero attached hydrogens (tertiary/aromatic N) is 2. The van der Waals surface area contributed by atoms with Gasteiger partial charge in [0.2, 0.25) is 0 Å². The maximum Gasteiger partial charge on any atom is 0.147 e. The normalized spacial score (nSPS) is 29.4. The Labute approximate surface area is 127 Å². The highest BCUT2D eigenvalue weighted by Crippen LogP contribution is 2.44. The van der Waals surface area contributed by atoms with Crippen LogP contribution < -0.4 is 0 Å². The van der Waals surface area contributed by atoms with Crippen molar-refractivity contribution in [2.24, 2.45) is 5.92 Å². The quantitative estimate of drug-likeness (QED) is 0.773. The van der Waals surface area contributed by atoms with E-state index in [2.05, 4.69) is 34.8 Å². The Morgan fingerprint density at radius 1 is 1.37 bits per heavy atom. The molecule has 0 radical (unpaired) electrons. The molecule has 0 aliphatic carbocycles. The average Bonchev–Trinajstić information content (AvgIpc) is 2.96. The zero-order valence-corrected chi connectivity index (χ0v) is 13.5. The third-order valence-electron chi connectivity index (χ3n) is 3.94. The summed E-state index contributed by atoms with van der Waals surface area (Å²) in [6.45, 7) is 4.37. The summed E-state index contributed by atoms with van der Waals surface area (Å²) in [5.41, 5.74) is 1.02. The number of hydrogen-bond acceptors (Lipinski definition) is 3. The van der Waals surface area contributed by atoms with Gasteiger partial charge in [-0.15, -0.1) is 0 Å². The van der Waals surface area contributed by atoms with Crippen LogP contribution in [-0.2, 0) is 11.2 Å². The fourth-order valence-corrected chi connectivity index (χ4v) is 3.61. The van der Waals surface area contributed by atoms with E-state index in [4.69, 9.17) is 21.3 Å². The molecule has 2 fully saturated rings. The molecule has 104 valence electrons. The molecule has 1 aromatic rings. The van der Waals surface area contributed by atoms with Crippen LogP contribution in [0.15, 0.2) is 4.47 Å². The highest BCUT2D eigenvalue weighted by atomic mass is 79.9. The monoisotopic (exact) mass is 344 g/mol. The summed E-state index contributed by atoms with van der Waals surface area (Å²) < 4.78 is 6.74. The van der Waals surface area contributed by atoms with Crippen LogP contribution in [0.2, 0.25) is 5.15 Å². The van der Waals surface area contributed by atoms with Crippen molar-refractivity contribution in [2.75, 3.05) is 0 Å². The summed E-state index contributed by atoms with van der Waals surface area (Å²) in [7, 11) is 0. The summed E-state index contributed by atoms with van der Waals surface area (Å²) >= 11 is 9.75. The highest BCUT2D eigenvalue weighted by molar-refractivity contribution is 9.10. The van der Waals surface area contributed by atoms with E-state index >= 15 is 0 Å². The summed E-state index contributed by atoms with van der Waals surface area (Å²) in [5.74, 6) is 1.75. The molecule has 2 saturated heterocycles. The van der Waals surface area contributed by atoms with Crippen LogP contribution in [0.1, 0.15) is 50.5 Å². The Morgan fingerprint density at radius 2 is 2.16 bits per heavy atom. The Bertz CT molecular complexity index is 495. The molecule has 3 unspecified atom stereocenters. The van der Waals surface area contributed by atoms with Crippen molar-refractivity contribution >= 4 is 27.5 Å². The van der Waals surface area contributed by atoms with Crippen molar-refractivity contribution in [2.45, 2.75) is 57.7 Å². The SMILES string of the molecule is CC(C)Cc1nc(C2CC3CCC2O3)nc(Cl)c1Br. The fourth-order valence-electron chi connectivity index (χ4n) is 3.08. The number of halogens is 2. The van der Waals surface area contributed by atoms with Crippen molar-refractivity contribution in [3.8, 4) is 0 Å². The van der Waals surface area contributed by atoms with E-state index in [1.807, 2.05) is 0 Å². The van der Waals surface area contributed by atoms with Crippen LogP contribution in [0.25, 0.3) is 0 Å². The molecule has 1 aromatic heterocycles. The van der Waals surface area contributed by atoms with Crippen LogP contribution in [0.4, 0.5) is 0 Å². The molecule has 3 nitrogen and oxygen atoms in total. The molecule has 19 heavy (non-hydrogen) atoms. The van der Waals surface area contributed by atoms with E-state index in [1.165, 1.54) is 6.42 Å². The van der Waals surface area contributed by atoms with Gasteiger partial charge < -0.3 is 4.74 Å². The minimum absolute atomic E-state index is 0.300. The predicted molar refractivity (Wildman–Crippen MR) is 78.5 cm³/mol. The van der Waals surface area contributed by atoms with Gasteiger partial charge in [-0.25, -0.2) is 9.97 Å². The molecule has 0 aromatic carbocycles. The molecule has 0 spiro atoms. The minimum atomic E-state index is 0.300. The molecule has 3 heterocycles. The topological polar surface area (TPSA) is 35.0 Å². The Morgan fingerprint density at radius 3 is 2.74 bits per heavy atom. The average molecular weight is 346 g/mol. The van der Waals surface area contributed by atoms with E-state index in [0.717, 1.165) is 35.3 Å². The van der Waals surface area contributed by atoms with Crippen LogP contribution >= 0.6 is 27.5 Å². The smallest absolute Gasteiger partial charge is 0.147 e. The Hall–Kier alpha value is -0.190. The maximum absolute atomic E-state index is 6.24. The number of ether oxygens (including phenoxy) is 1. The van der Waals surface area contributed by atoms with E-state index in [9.17, 15) is 0 Å². The Balaban J connectivity index is 1.91. The maximum atomic E-state index is 6.24. The van der Waals surface area contributed by atoms with Gasteiger partial charge in [0.15, 0.2) is 0 Å². The first-order valence-electron chi connectivity index (χ1n) is 6.92. The van der Waals surface area contributed by atoms with Gasteiger partial charge in [-0.3, -0.25) is 0 Å². The van der Waals surface area contributed by atoms with Gasteiger partial charge in [0, 0.05) is 5.92 Å². The second kappa shape index (κ2) is 5.30. The third kappa shape index (κ3) is 2.67. The van der Waals surface area contributed by atoms with Crippen molar-refractivity contribution in [3.63, 3.8) is 0 Å². The number of fused-ring (bicyclic) bond motifs is 2. The molecule has 5 heteroatoms. The van der Waals surface area contributed by atoms with E-state index < -0.39 is 0 Å². The lowest BCUT2D eigenvalue weighted by Gasteiger charge is -2.19. The molecule has 2 bridgehead atoms. The van der Waals surface area contributed by atoms with Crippen LogP contribution in [-0.4, -0.2) is 22.2 Å². The molecule has 3 atom stereocenters. The van der Waals surface area contributed by atoms with Gasteiger partial charge in [-0.1, -0.05) is 25.4 Å². The zero-order chi connectivity index (χ0) is 13.6. The van der Waals surface area contributed by atoms with Crippen LogP contribution in [0.3, 0.4) is 0 Å². The van der Waals surface area contributed by atoms with Gasteiger partial charge in [0.25, 0.3) is 0 Å². The van der Waals surface area contributed by atoms with Crippen molar-refractivity contribution < 1.29 is 4.74 Å². The van der Waals surface area contributed by atoms with Crippen molar-refractivity contribution in [3.05, 3.63) is 21.1 Å². The van der Waals surface area contributed by atoms with E-state index in [-0.39, 0.29) is 0 Å². The molecule has 3 rings (SSSR count). The molecule has 2 aliphatic rings. The highest BCUT2D eigenvalue weighted by Gasteiger charge is 2.43. The lowest BCUT2D eigenvalue weighted by Crippen LogP contribution is -2.18. The van der Waals surface area contributed by atoms with Crippen LogP contribution in [0.5, 0.6) is 0 Å². The zero-order valence-electron chi connectivity index (χ0n) is 11.2. The summed E-state index contributed by atoms with van der Waals surface area (Å²) in [4.78, 5) is 9.22. The molecule has 0 N–H and O–H groups in total. The van der Waals surface area contributed by atoms with Crippen molar-refractivity contribution in [1.82, 2.24) is 9.97 Å². The van der Waals surface area contributed by atoms with Gasteiger partial charge in [-0.2, -0.15) is 0 Å². The molecule has 2 aliphatic heterocycles. The Kier molecular flexibility index (Phi) is 3.84. The second-order valence-electron chi connectivity index (χ2n) is 5.95. The predicted octanol–water partition coefficient (Wildman–Crippen LogP) is 4.13. The first-order valence-corrected chi connectivity index (χ1v) is 8.09. The third-order valence-corrected chi connectivity index (χ3v) is 5.27. The summed E-state index contributed by atoms with van der Waals surface area (Å²) in [6, 6.07) is 0. The van der Waals surface area contributed by atoms with Gasteiger partial charge >= 0.3 is 0 Å². The number of hydrogen-bond donors (Lipinski definition) is 0. The lowest BCUT2D eigenvalue weighted by atomic mass is 9.88. The molecule has 0 saturated carbocycles. The van der Waals surface area contributed by atoms with E-state index in [0.29, 0.717) is 29.2 Å². The number of rotatable bonds is 3. The van der Waals surface area contributed by atoms with Gasteiger partial charge in [0.1, 0.15) is 11.0 Å². The second-order valence-corrected chi connectivity index (χ2v) is 7.10. The first kappa shape index (κ1) is 13.8. The first-order chi connectivity index (χ1) is 9.04. The summed E-state index contributed by atoms with van der Waals surface area (Å²) in [6.07, 6.45) is 4.99. The molecule has 0 amide bonds. The molecular formula is C14H18BrClN2O. The van der Waals surface area contributed by atoms with E-state index in [1.54, 1.807) is 0 Å². The fraction of sp³-hybridized carbons (Fsp3) is 0.714. The van der Waals surface area contributed by atoms with Gasteiger partial charge in [0.05, 0.1) is 22.4 Å². The largest absolute Gasteiger partial charge is 0.374 e. The van der Waals surface area contributed by atoms with Crippen molar-refractivity contribution in [1.29, 1.82) is 0 Å². The lowest BCUT2D eigenvalue weighted by molar-refractivity contribution is 0.0998. The number of aromatic nitrogens is 2. The minimum Gasteiger partial charge on any atom is -0.374 e. The standard InChI is InChI=1S/C14H18BrClN2O/c1-7(2)5-10-12(15)13(16)18-14(17-10)9-6-8-3-4-11(9)19-8/h7-9,11H,3-6H2,1-2H3. The molecular weight excluding hydrogens is 328 g/mol. The summed E-state index contributed by atoms with van der Waals surface area (Å²) in [5, 5.41) is 0.531. The van der Waals surface area contributed by atoms with Crippen LogP contribution in [0, 0.1) is 5.92 Å².